The molecule has 1 aromatic heterocycles. The van der Waals surface area contributed by atoms with E-state index in [1.54, 1.807) is 0 Å². The van der Waals surface area contributed by atoms with Crippen LogP contribution in [0.2, 0.25) is 5.02 Å². The number of morpholine rings is 1. The smallest absolute Gasteiger partial charge is 0.398 e. The fourth-order valence-electron chi connectivity index (χ4n) is 5.75. The molecule has 3 aromatic rings. The molecule has 0 atom stereocenters. The highest BCUT2D eigenvalue weighted by molar-refractivity contribution is 6.34. The maximum absolute atomic E-state index is 15.6. The van der Waals surface area contributed by atoms with Gasteiger partial charge in [-0.1, -0.05) is 11.6 Å². The molecule has 1 amide bonds. The van der Waals surface area contributed by atoms with E-state index in [0.29, 0.717) is 36.4 Å². The van der Waals surface area contributed by atoms with Crippen molar-refractivity contribution in [3.8, 4) is 11.1 Å². The zero-order valence-corrected chi connectivity index (χ0v) is 22.7. The minimum absolute atomic E-state index is 0.0117. The van der Waals surface area contributed by atoms with Crippen LogP contribution < -0.4 is 11.1 Å². The number of alkyl halides is 3. The number of carbonyl (C=O) groups excluding carboxylic acids is 1. The van der Waals surface area contributed by atoms with Crippen LogP contribution in [0.1, 0.15) is 53.2 Å². The number of hydrogen-bond acceptors (Lipinski definition) is 5. The van der Waals surface area contributed by atoms with Gasteiger partial charge < -0.3 is 15.8 Å². The number of rotatable bonds is 5. The molecule has 2 aliphatic rings. The molecule has 218 valence electrons. The van der Waals surface area contributed by atoms with Crippen LogP contribution in [0, 0.1) is 11.6 Å². The number of aromatic nitrogens is 1. The highest BCUT2D eigenvalue weighted by atomic mass is 35.5. The van der Waals surface area contributed by atoms with Gasteiger partial charge in [0.1, 0.15) is 17.3 Å². The van der Waals surface area contributed by atoms with Crippen molar-refractivity contribution in [3.05, 3.63) is 76.1 Å². The number of ether oxygens (including phenoxy) is 1. The molecule has 0 unspecified atom stereocenters. The number of pyridine rings is 1. The highest BCUT2D eigenvalue weighted by Gasteiger charge is 2.33. The predicted molar refractivity (Wildman–Crippen MR) is 146 cm³/mol. The standard InChI is InChI=1S/C29H28ClF5N4O2/c30-23-14-22(24(32)15-21(23)28(40)38-18-5-6-37-26(13-18)29(33,34)35)27-20(11-17(31)12-25(27)36)16-1-3-19(4-2-16)39-7-9-41-10-8-39/h5-6,11-16,19H,1-4,7-10,36H2,(H,37,38,40). The van der Waals surface area contributed by atoms with E-state index in [1.807, 2.05) is 0 Å². The van der Waals surface area contributed by atoms with E-state index in [4.69, 9.17) is 22.1 Å². The largest absolute Gasteiger partial charge is 0.433 e. The number of anilines is 2. The number of amides is 1. The second-order valence-electron chi connectivity index (χ2n) is 10.3. The predicted octanol–water partition coefficient (Wildman–Crippen LogP) is 6.89. The van der Waals surface area contributed by atoms with Crippen LogP contribution in [0.5, 0.6) is 0 Å². The summed E-state index contributed by atoms with van der Waals surface area (Å²) < 4.78 is 74.6. The van der Waals surface area contributed by atoms with Gasteiger partial charge in [0, 0.05) is 47.8 Å². The van der Waals surface area contributed by atoms with E-state index in [0.717, 1.165) is 57.1 Å². The molecule has 1 aliphatic carbocycles. The molecule has 1 saturated carbocycles. The second-order valence-corrected chi connectivity index (χ2v) is 10.7. The third kappa shape index (κ3) is 6.47. The first-order valence-electron chi connectivity index (χ1n) is 13.3. The topological polar surface area (TPSA) is 80.5 Å². The van der Waals surface area contributed by atoms with Crippen molar-refractivity contribution in [1.29, 1.82) is 0 Å². The van der Waals surface area contributed by atoms with Crippen LogP contribution in [0.15, 0.2) is 42.6 Å². The summed E-state index contributed by atoms with van der Waals surface area (Å²) in [5.74, 6) is -2.33. The summed E-state index contributed by atoms with van der Waals surface area (Å²) in [6.45, 7) is 3.16. The van der Waals surface area contributed by atoms with Crippen molar-refractivity contribution in [1.82, 2.24) is 9.88 Å². The first-order chi connectivity index (χ1) is 19.5. The number of nitrogens with zero attached hydrogens (tertiary/aromatic N) is 2. The second kappa shape index (κ2) is 11.9. The van der Waals surface area contributed by atoms with Gasteiger partial charge in [-0.05, 0) is 73.6 Å². The van der Waals surface area contributed by atoms with Crippen molar-refractivity contribution < 1.29 is 31.5 Å². The molecule has 1 saturated heterocycles. The molecule has 6 nitrogen and oxygen atoms in total. The molecule has 0 bridgehead atoms. The van der Waals surface area contributed by atoms with E-state index in [2.05, 4.69) is 15.2 Å². The molecule has 3 N–H and O–H groups in total. The lowest BCUT2D eigenvalue weighted by molar-refractivity contribution is -0.141. The van der Waals surface area contributed by atoms with E-state index < -0.39 is 29.4 Å². The Morgan fingerprint density at radius 1 is 1.05 bits per heavy atom. The van der Waals surface area contributed by atoms with Gasteiger partial charge in [0.15, 0.2) is 0 Å². The molecule has 0 radical (unpaired) electrons. The molecule has 0 spiro atoms. The quantitative estimate of drug-likeness (QED) is 0.248. The van der Waals surface area contributed by atoms with E-state index in [9.17, 15) is 22.4 Å². The van der Waals surface area contributed by atoms with Crippen molar-refractivity contribution in [2.45, 2.75) is 43.8 Å². The van der Waals surface area contributed by atoms with Crippen LogP contribution in [-0.4, -0.2) is 48.1 Å². The lowest BCUT2D eigenvalue weighted by atomic mass is 9.78. The molecule has 12 heteroatoms. The van der Waals surface area contributed by atoms with Gasteiger partial charge in [0.2, 0.25) is 0 Å². The van der Waals surface area contributed by atoms with Crippen LogP contribution in [-0.2, 0) is 10.9 Å². The van der Waals surface area contributed by atoms with Gasteiger partial charge in [-0.2, -0.15) is 13.2 Å². The maximum atomic E-state index is 15.6. The molecular formula is C29H28ClF5N4O2. The van der Waals surface area contributed by atoms with Gasteiger partial charge in [0.25, 0.3) is 5.91 Å². The number of carbonyl (C=O) groups is 1. The Kier molecular flexibility index (Phi) is 8.49. The molecular weight excluding hydrogens is 567 g/mol. The van der Waals surface area contributed by atoms with Gasteiger partial charge in [-0.25, -0.2) is 8.78 Å². The van der Waals surface area contributed by atoms with Crippen LogP contribution in [0.3, 0.4) is 0 Å². The minimum Gasteiger partial charge on any atom is -0.398 e. The lowest BCUT2D eigenvalue weighted by Crippen LogP contribution is -2.44. The Morgan fingerprint density at radius 2 is 1.76 bits per heavy atom. The number of nitrogen functional groups attached to an aromatic ring is 1. The van der Waals surface area contributed by atoms with Crippen molar-refractivity contribution in [3.63, 3.8) is 0 Å². The lowest BCUT2D eigenvalue weighted by Gasteiger charge is -2.39. The van der Waals surface area contributed by atoms with E-state index >= 15 is 4.39 Å². The Bertz CT molecular complexity index is 1440. The normalized spacial score (nSPS) is 20.1. The number of hydrogen-bond donors (Lipinski definition) is 2. The van der Waals surface area contributed by atoms with Crippen molar-refractivity contribution in [2.24, 2.45) is 0 Å². The number of benzene rings is 2. The Morgan fingerprint density at radius 3 is 2.44 bits per heavy atom. The summed E-state index contributed by atoms with van der Waals surface area (Å²) >= 11 is 6.39. The first-order valence-corrected chi connectivity index (χ1v) is 13.6. The summed E-state index contributed by atoms with van der Waals surface area (Å²) in [7, 11) is 0. The van der Waals surface area contributed by atoms with Gasteiger partial charge in [0.05, 0.1) is 23.8 Å². The van der Waals surface area contributed by atoms with Gasteiger partial charge in [-0.15, -0.1) is 0 Å². The number of halogens is 6. The fourth-order valence-corrected chi connectivity index (χ4v) is 6.00. The third-order valence-corrected chi connectivity index (χ3v) is 8.05. The summed E-state index contributed by atoms with van der Waals surface area (Å²) in [4.78, 5) is 18.5. The zero-order valence-electron chi connectivity index (χ0n) is 21.9. The highest BCUT2D eigenvalue weighted by Crippen LogP contribution is 2.44. The van der Waals surface area contributed by atoms with Crippen LogP contribution in [0.4, 0.5) is 33.3 Å². The molecule has 2 fully saturated rings. The molecule has 2 heterocycles. The van der Waals surface area contributed by atoms with Gasteiger partial charge >= 0.3 is 6.18 Å². The third-order valence-electron chi connectivity index (χ3n) is 7.74. The van der Waals surface area contributed by atoms with Crippen molar-refractivity contribution in [2.75, 3.05) is 37.4 Å². The van der Waals surface area contributed by atoms with Crippen LogP contribution in [0.25, 0.3) is 11.1 Å². The Hall–Kier alpha value is -3.28. The van der Waals surface area contributed by atoms with Gasteiger partial charge in [-0.3, -0.25) is 14.7 Å². The minimum atomic E-state index is -4.71. The van der Waals surface area contributed by atoms with E-state index in [-0.39, 0.29) is 33.4 Å². The Balaban J connectivity index is 1.40. The van der Waals surface area contributed by atoms with Crippen LogP contribution >= 0.6 is 11.6 Å². The monoisotopic (exact) mass is 594 g/mol. The SMILES string of the molecule is Nc1cc(F)cc(C2CCC(N3CCOCC3)CC2)c1-c1cc(Cl)c(C(=O)Nc2ccnc(C(F)(F)F)c2)cc1F. The molecule has 5 rings (SSSR count). The average molecular weight is 595 g/mol. The number of nitrogens with one attached hydrogen (secondary N) is 1. The number of nitrogens with two attached hydrogens (primary N) is 1. The summed E-state index contributed by atoms with van der Waals surface area (Å²) in [5, 5.41) is 2.15. The summed E-state index contributed by atoms with van der Waals surface area (Å²) in [6.07, 6.45) is -0.487. The molecule has 41 heavy (non-hydrogen) atoms. The Labute approximate surface area is 238 Å². The van der Waals surface area contributed by atoms with Crippen molar-refractivity contribution >= 4 is 28.9 Å². The summed E-state index contributed by atoms with van der Waals surface area (Å²) in [5.41, 5.74) is 5.50. The average Bonchev–Trinajstić information content (AvgIpc) is 2.94. The molecule has 2 aromatic carbocycles. The fraction of sp³-hybridized carbons (Fsp3) is 0.379. The zero-order chi connectivity index (χ0) is 29.3. The first kappa shape index (κ1) is 29.2. The maximum Gasteiger partial charge on any atom is 0.433 e. The molecule has 1 aliphatic heterocycles. The van der Waals surface area contributed by atoms with E-state index in [1.165, 1.54) is 18.2 Å². The summed E-state index contributed by atoms with van der Waals surface area (Å²) in [6, 6.07) is 6.88.